The van der Waals surface area contributed by atoms with Gasteiger partial charge < -0.3 is 15.6 Å². The van der Waals surface area contributed by atoms with Gasteiger partial charge in [-0.1, -0.05) is 0 Å². The Bertz CT molecular complexity index is 488. The molecule has 2 rings (SSSR count). The standard InChI is InChI=1S/C14H19BrN2O3/c15-12-8-10(14(19)20-6-5-18)7-11(13(12)16)9-17-3-1-2-4-17/h7-8,18H,1-6,9,16H2. The summed E-state index contributed by atoms with van der Waals surface area (Å²) in [5.41, 5.74) is 8.11. The van der Waals surface area contributed by atoms with Crippen LogP contribution in [0.15, 0.2) is 16.6 Å². The van der Waals surface area contributed by atoms with Gasteiger partial charge in [0.05, 0.1) is 17.9 Å². The maximum atomic E-state index is 11.8. The fraction of sp³-hybridized carbons (Fsp3) is 0.500. The van der Waals surface area contributed by atoms with Gasteiger partial charge in [-0.2, -0.15) is 0 Å². The van der Waals surface area contributed by atoms with Crippen molar-refractivity contribution in [3.05, 3.63) is 27.7 Å². The molecule has 1 aliphatic heterocycles. The van der Waals surface area contributed by atoms with Crippen molar-refractivity contribution in [3.8, 4) is 0 Å². The van der Waals surface area contributed by atoms with Gasteiger partial charge in [-0.15, -0.1) is 0 Å². The van der Waals surface area contributed by atoms with Crippen molar-refractivity contribution < 1.29 is 14.6 Å². The molecule has 0 saturated carbocycles. The molecule has 0 unspecified atom stereocenters. The lowest BCUT2D eigenvalue weighted by molar-refractivity contribution is 0.0433. The molecule has 0 atom stereocenters. The van der Waals surface area contributed by atoms with E-state index >= 15 is 0 Å². The van der Waals surface area contributed by atoms with Crippen LogP contribution in [-0.4, -0.2) is 42.3 Å². The summed E-state index contributed by atoms with van der Waals surface area (Å²) < 4.78 is 5.63. The van der Waals surface area contributed by atoms with Gasteiger partial charge in [0.1, 0.15) is 6.61 Å². The van der Waals surface area contributed by atoms with Crippen LogP contribution in [0.5, 0.6) is 0 Å². The lowest BCUT2D eigenvalue weighted by atomic mass is 10.1. The van der Waals surface area contributed by atoms with Gasteiger partial charge in [0.2, 0.25) is 0 Å². The summed E-state index contributed by atoms with van der Waals surface area (Å²) >= 11 is 3.38. The number of nitrogens with zero attached hydrogens (tertiary/aromatic N) is 1. The minimum atomic E-state index is -0.442. The van der Waals surface area contributed by atoms with Crippen LogP contribution in [0.3, 0.4) is 0 Å². The van der Waals surface area contributed by atoms with Crippen LogP contribution >= 0.6 is 15.9 Å². The molecule has 1 heterocycles. The Labute approximate surface area is 126 Å². The Morgan fingerprint density at radius 3 is 2.75 bits per heavy atom. The molecular weight excluding hydrogens is 324 g/mol. The first-order valence-corrected chi connectivity index (χ1v) is 7.49. The van der Waals surface area contributed by atoms with Crippen LogP contribution in [0.25, 0.3) is 0 Å². The number of aliphatic hydroxyl groups excluding tert-OH is 1. The van der Waals surface area contributed by atoms with Gasteiger partial charge in [-0.25, -0.2) is 4.79 Å². The number of ether oxygens (including phenoxy) is 1. The molecule has 3 N–H and O–H groups in total. The minimum absolute atomic E-state index is 0.00227. The van der Waals surface area contributed by atoms with E-state index in [1.165, 1.54) is 12.8 Å². The normalized spacial score (nSPS) is 15.5. The first-order valence-electron chi connectivity index (χ1n) is 6.70. The van der Waals surface area contributed by atoms with E-state index in [-0.39, 0.29) is 13.2 Å². The third-order valence-electron chi connectivity index (χ3n) is 3.37. The number of hydrogen-bond donors (Lipinski definition) is 2. The molecule has 0 aliphatic carbocycles. The molecule has 1 saturated heterocycles. The molecule has 0 spiro atoms. The highest BCUT2D eigenvalue weighted by atomic mass is 79.9. The number of carbonyl (C=O) groups excluding carboxylic acids is 1. The summed E-state index contributed by atoms with van der Waals surface area (Å²) in [4.78, 5) is 14.2. The summed E-state index contributed by atoms with van der Waals surface area (Å²) in [6, 6.07) is 3.43. The Morgan fingerprint density at radius 1 is 1.40 bits per heavy atom. The number of nitrogen functional groups attached to an aromatic ring is 1. The fourth-order valence-electron chi connectivity index (χ4n) is 2.33. The van der Waals surface area contributed by atoms with Crippen LogP contribution in [0, 0.1) is 0 Å². The first kappa shape index (κ1) is 15.3. The molecule has 6 heteroatoms. The van der Waals surface area contributed by atoms with Crippen molar-refractivity contribution in [2.45, 2.75) is 19.4 Å². The van der Waals surface area contributed by atoms with Gasteiger partial charge in [-0.3, -0.25) is 4.90 Å². The maximum absolute atomic E-state index is 11.8. The number of rotatable bonds is 5. The Kier molecular flexibility index (Phi) is 5.39. The molecule has 1 fully saturated rings. The monoisotopic (exact) mass is 342 g/mol. The number of halogens is 1. The third kappa shape index (κ3) is 3.71. The number of benzene rings is 1. The molecule has 0 aromatic heterocycles. The fourth-order valence-corrected chi connectivity index (χ4v) is 2.83. The molecule has 0 amide bonds. The van der Waals surface area contributed by atoms with Crippen molar-refractivity contribution >= 4 is 27.6 Å². The number of hydrogen-bond acceptors (Lipinski definition) is 5. The van der Waals surface area contributed by atoms with E-state index in [1.54, 1.807) is 12.1 Å². The Hall–Kier alpha value is -1.11. The van der Waals surface area contributed by atoms with Gasteiger partial charge in [0.15, 0.2) is 0 Å². The smallest absolute Gasteiger partial charge is 0.338 e. The van der Waals surface area contributed by atoms with Crippen molar-refractivity contribution in [2.75, 3.05) is 32.0 Å². The minimum Gasteiger partial charge on any atom is -0.460 e. The van der Waals surface area contributed by atoms with Gasteiger partial charge in [0, 0.05) is 11.0 Å². The lowest BCUT2D eigenvalue weighted by Crippen LogP contribution is -2.20. The molecule has 1 aliphatic rings. The molecule has 0 bridgehead atoms. The number of likely N-dealkylation sites (tertiary alicyclic amines) is 1. The Morgan fingerprint density at radius 2 is 2.10 bits per heavy atom. The van der Waals surface area contributed by atoms with Crippen molar-refractivity contribution in [1.82, 2.24) is 4.90 Å². The SMILES string of the molecule is Nc1c(Br)cc(C(=O)OCCO)cc1CN1CCCC1. The predicted molar refractivity (Wildman–Crippen MR) is 80.4 cm³/mol. The summed E-state index contributed by atoms with van der Waals surface area (Å²) in [5, 5.41) is 8.69. The quantitative estimate of drug-likeness (QED) is 0.630. The number of nitrogens with two attached hydrogens (primary N) is 1. The zero-order valence-electron chi connectivity index (χ0n) is 11.3. The highest BCUT2D eigenvalue weighted by Crippen LogP contribution is 2.28. The first-order chi connectivity index (χ1) is 9.61. The number of anilines is 1. The summed E-state index contributed by atoms with van der Waals surface area (Å²) in [6.45, 7) is 2.70. The van der Waals surface area contributed by atoms with E-state index in [0.29, 0.717) is 15.7 Å². The second kappa shape index (κ2) is 7.06. The molecule has 110 valence electrons. The maximum Gasteiger partial charge on any atom is 0.338 e. The second-order valence-electron chi connectivity index (χ2n) is 4.87. The van der Waals surface area contributed by atoms with E-state index in [4.69, 9.17) is 15.6 Å². The van der Waals surface area contributed by atoms with Gasteiger partial charge in [0.25, 0.3) is 0 Å². The second-order valence-corrected chi connectivity index (χ2v) is 5.73. The molecule has 0 radical (unpaired) electrons. The van der Waals surface area contributed by atoms with Gasteiger partial charge in [-0.05, 0) is 59.6 Å². The third-order valence-corrected chi connectivity index (χ3v) is 4.02. The van der Waals surface area contributed by atoms with E-state index < -0.39 is 5.97 Å². The van der Waals surface area contributed by atoms with Crippen molar-refractivity contribution in [3.63, 3.8) is 0 Å². The highest BCUT2D eigenvalue weighted by Gasteiger charge is 2.17. The Balaban J connectivity index is 2.17. The summed E-state index contributed by atoms with van der Waals surface area (Å²) in [5.74, 6) is -0.442. The van der Waals surface area contributed by atoms with Crippen molar-refractivity contribution in [2.24, 2.45) is 0 Å². The zero-order valence-corrected chi connectivity index (χ0v) is 12.9. The van der Waals surface area contributed by atoms with Crippen LogP contribution < -0.4 is 5.73 Å². The number of aliphatic hydroxyl groups is 1. The molecule has 1 aromatic carbocycles. The van der Waals surface area contributed by atoms with Crippen LogP contribution in [-0.2, 0) is 11.3 Å². The zero-order chi connectivity index (χ0) is 14.5. The lowest BCUT2D eigenvalue weighted by Gasteiger charge is -2.17. The average molecular weight is 343 g/mol. The molecule has 5 nitrogen and oxygen atoms in total. The molecular formula is C14H19BrN2O3. The van der Waals surface area contributed by atoms with E-state index in [2.05, 4.69) is 20.8 Å². The summed E-state index contributed by atoms with van der Waals surface area (Å²) in [6.07, 6.45) is 2.42. The highest BCUT2D eigenvalue weighted by molar-refractivity contribution is 9.10. The predicted octanol–water partition coefficient (Wildman–Crippen LogP) is 1.78. The van der Waals surface area contributed by atoms with E-state index in [1.807, 2.05) is 0 Å². The van der Waals surface area contributed by atoms with Crippen LogP contribution in [0.4, 0.5) is 5.69 Å². The summed E-state index contributed by atoms with van der Waals surface area (Å²) in [7, 11) is 0. The van der Waals surface area contributed by atoms with Crippen LogP contribution in [0.1, 0.15) is 28.8 Å². The van der Waals surface area contributed by atoms with Gasteiger partial charge >= 0.3 is 5.97 Å². The largest absolute Gasteiger partial charge is 0.460 e. The van der Waals surface area contributed by atoms with Crippen LogP contribution in [0.2, 0.25) is 0 Å². The average Bonchev–Trinajstić information content (AvgIpc) is 2.93. The van der Waals surface area contributed by atoms with E-state index in [9.17, 15) is 4.79 Å². The number of carbonyl (C=O) groups is 1. The van der Waals surface area contributed by atoms with E-state index in [0.717, 1.165) is 25.2 Å². The molecule has 1 aromatic rings. The van der Waals surface area contributed by atoms with Crippen molar-refractivity contribution in [1.29, 1.82) is 0 Å². The topological polar surface area (TPSA) is 75.8 Å². The molecule has 20 heavy (non-hydrogen) atoms. The number of esters is 1.